The number of likely N-dealkylation sites (N-methyl/N-ethyl adjacent to an activating group) is 1. The molecule has 3 heterocycles. The summed E-state index contributed by atoms with van der Waals surface area (Å²) in [6.45, 7) is 6.70. The van der Waals surface area contributed by atoms with E-state index in [0.29, 0.717) is 27.5 Å². The molecule has 0 aliphatic carbocycles. The van der Waals surface area contributed by atoms with E-state index in [-0.39, 0.29) is 18.0 Å². The number of hydrogen-bond acceptors (Lipinski definition) is 9. The van der Waals surface area contributed by atoms with Crippen LogP contribution in [0.1, 0.15) is 6.92 Å². The number of fused-ring (bicyclic) bond motifs is 1. The summed E-state index contributed by atoms with van der Waals surface area (Å²) in [6.07, 6.45) is 1.37. The van der Waals surface area contributed by atoms with Gasteiger partial charge in [0.05, 0.1) is 19.9 Å². The third kappa shape index (κ3) is 4.53. The Morgan fingerprint density at radius 3 is 2.66 bits per heavy atom. The van der Waals surface area contributed by atoms with Crippen LogP contribution >= 0.6 is 11.3 Å². The number of nitrogens with one attached hydrogen (secondary N) is 1. The number of anilines is 2. The molecule has 3 aromatic rings. The highest BCUT2D eigenvalue weighted by molar-refractivity contribution is 7.22. The van der Waals surface area contributed by atoms with Crippen LogP contribution in [-0.4, -0.2) is 72.3 Å². The number of carbonyl (C=O) groups excluding carboxylic acids is 1. The minimum absolute atomic E-state index is 0.167. The van der Waals surface area contributed by atoms with Crippen LogP contribution in [0.25, 0.3) is 10.3 Å². The molecule has 1 N–H and O–H groups in total. The van der Waals surface area contributed by atoms with Gasteiger partial charge in [0.2, 0.25) is 5.91 Å². The molecule has 170 valence electrons. The number of methoxy groups -OCH3 is 2. The van der Waals surface area contributed by atoms with Crippen LogP contribution in [0.5, 0.6) is 11.5 Å². The van der Waals surface area contributed by atoms with Crippen LogP contribution in [0.4, 0.5) is 10.8 Å². The number of aromatic nitrogens is 3. The molecular formula is C21H26N6O4S. The van der Waals surface area contributed by atoms with Crippen molar-refractivity contribution in [1.29, 1.82) is 0 Å². The van der Waals surface area contributed by atoms with Crippen molar-refractivity contribution in [2.45, 2.75) is 13.5 Å². The van der Waals surface area contributed by atoms with Crippen LogP contribution in [0, 0.1) is 0 Å². The summed E-state index contributed by atoms with van der Waals surface area (Å²) in [5.74, 6) is 0.717. The summed E-state index contributed by atoms with van der Waals surface area (Å²) >= 11 is 1.33. The first-order chi connectivity index (χ1) is 15.5. The predicted molar refractivity (Wildman–Crippen MR) is 124 cm³/mol. The first-order valence-corrected chi connectivity index (χ1v) is 11.2. The maximum Gasteiger partial charge on any atom is 0.273 e. The van der Waals surface area contributed by atoms with E-state index in [2.05, 4.69) is 32.0 Å². The molecule has 1 saturated heterocycles. The van der Waals surface area contributed by atoms with Crippen molar-refractivity contribution in [3.05, 3.63) is 34.9 Å². The van der Waals surface area contributed by atoms with Gasteiger partial charge in [-0.3, -0.25) is 14.2 Å². The van der Waals surface area contributed by atoms with Gasteiger partial charge in [-0.05, 0) is 18.7 Å². The molecule has 10 nitrogen and oxygen atoms in total. The van der Waals surface area contributed by atoms with E-state index in [1.54, 1.807) is 25.3 Å². The number of ether oxygens (including phenoxy) is 2. The number of rotatable bonds is 7. The molecule has 0 saturated carbocycles. The molecular weight excluding hydrogens is 432 g/mol. The van der Waals surface area contributed by atoms with Crippen LogP contribution in [0.2, 0.25) is 0 Å². The normalized spacial score (nSPS) is 14.5. The first kappa shape index (κ1) is 22.0. The van der Waals surface area contributed by atoms with Gasteiger partial charge in [0.25, 0.3) is 5.56 Å². The van der Waals surface area contributed by atoms with E-state index in [9.17, 15) is 9.59 Å². The second kappa shape index (κ2) is 9.53. The summed E-state index contributed by atoms with van der Waals surface area (Å²) in [6, 6.07) is 5.08. The molecule has 1 aromatic carbocycles. The molecule has 1 fully saturated rings. The van der Waals surface area contributed by atoms with Crippen molar-refractivity contribution < 1.29 is 14.3 Å². The van der Waals surface area contributed by atoms with Gasteiger partial charge in [-0.1, -0.05) is 18.3 Å². The van der Waals surface area contributed by atoms with Crippen molar-refractivity contribution in [1.82, 2.24) is 19.4 Å². The van der Waals surface area contributed by atoms with Gasteiger partial charge in [-0.15, -0.1) is 0 Å². The fourth-order valence-electron chi connectivity index (χ4n) is 3.58. The molecule has 0 radical (unpaired) electrons. The molecule has 11 heteroatoms. The molecule has 0 unspecified atom stereocenters. The highest BCUT2D eigenvalue weighted by Crippen LogP contribution is 2.29. The number of piperazine rings is 1. The number of benzene rings is 1. The van der Waals surface area contributed by atoms with E-state index in [4.69, 9.17) is 9.47 Å². The zero-order valence-corrected chi connectivity index (χ0v) is 19.1. The minimum Gasteiger partial charge on any atom is -0.497 e. The van der Waals surface area contributed by atoms with Crippen molar-refractivity contribution >= 4 is 38.4 Å². The summed E-state index contributed by atoms with van der Waals surface area (Å²) in [7, 11) is 3.06. The zero-order chi connectivity index (χ0) is 22.7. The van der Waals surface area contributed by atoms with E-state index < -0.39 is 0 Å². The second-order valence-electron chi connectivity index (χ2n) is 7.36. The Bertz CT molecular complexity index is 1170. The lowest BCUT2D eigenvalue weighted by Crippen LogP contribution is -2.46. The van der Waals surface area contributed by atoms with Crippen LogP contribution in [0.15, 0.2) is 29.3 Å². The number of thiazole rings is 1. The number of amides is 1. The molecule has 0 bridgehead atoms. The van der Waals surface area contributed by atoms with E-state index >= 15 is 0 Å². The topological polar surface area (TPSA) is 102 Å². The lowest BCUT2D eigenvalue weighted by atomic mass is 10.2. The minimum atomic E-state index is -0.364. The summed E-state index contributed by atoms with van der Waals surface area (Å²) in [5, 5.41) is 3.57. The molecule has 0 spiro atoms. The maximum absolute atomic E-state index is 13.0. The maximum atomic E-state index is 13.0. The number of carbonyl (C=O) groups is 1. The second-order valence-corrected chi connectivity index (χ2v) is 8.34. The molecule has 1 aliphatic rings. The monoisotopic (exact) mass is 458 g/mol. The van der Waals surface area contributed by atoms with Crippen LogP contribution in [-0.2, 0) is 11.3 Å². The standard InChI is InChI=1S/C21H26N6O4S/c1-4-25-7-9-26(10-8-25)21-24-19-18(32-21)20(29)27(13-22-19)12-17(28)23-15-6-5-14(30-2)11-16(15)31-3/h5-6,11,13H,4,7-10,12H2,1-3H3,(H,23,28). The van der Waals surface area contributed by atoms with Crippen molar-refractivity contribution in [2.24, 2.45) is 0 Å². The summed E-state index contributed by atoms with van der Waals surface area (Å²) < 4.78 is 12.2. The van der Waals surface area contributed by atoms with Crippen molar-refractivity contribution in [2.75, 3.05) is 57.2 Å². The average molecular weight is 459 g/mol. The van der Waals surface area contributed by atoms with Gasteiger partial charge in [0.1, 0.15) is 29.1 Å². The van der Waals surface area contributed by atoms with Gasteiger partial charge in [-0.25, -0.2) is 4.98 Å². The van der Waals surface area contributed by atoms with Crippen LogP contribution < -0.4 is 25.2 Å². The van der Waals surface area contributed by atoms with E-state index in [1.165, 1.54) is 29.3 Å². The zero-order valence-electron chi connectivity index (χ0n) is 18.3. The van der Waals surface area contributed by atoms with Crippen LogP contribution in [0.3, 0.4) is 0 Å². The van der Waals surface area contributed by atoms with Gasteiger partial charge in [0.15, 0.2) is 10.8 Å². The highest BCUT2D eigenvalue weighted by atomic mass is 32.1. The fourth-order valence-corrected chi connectivity index (χ4v) is 4.61. The SMILES string of the molecule is CCN1CCN(c2nc3ncn(CC(=O)Nc4ccc(OC)cc4OC)c(=O)c3s2)CC1. The van der Waals surface area contributed by atoms with Crippen molar-refractivity contribution in [3.8, 4) is 11.5 Å². The summed E-state index contributed by atoms with van der Waals surface area (Å²) in [4.78, 5) is 39.0. The van der Waals surface area contributed by atoms with Gasteiger partial charge in [-0.2, -0.15) is 4.98 Å². The van der Waals surface area contributed by atoms with Gasteiger partial charge < -0.3 is 24.6 Å². The lowest BCUT2D eigenvalue weighted by molar-refractivity contribution is -0.116. The Labute approximate surface area is 189 Å². The Hall–Kier alpha value is -3.18. The molecule has 0 atom stereocenters. The largest absolute Gasteiger partial charge is 0.497 e. The first-order valence-electron chi connectivity index (χ1n) is 10.4. The van der Waals surface area contributed by atoms with Gasteiger partial charge >= 0.3 is 0 Å². The van der Waals surface area contributed by atoms with E-state index in [1.807, 2.05) is 0 Å². The Kier molecular flexibility index (Phi) is 6.56. The Balaban J connectivity index is 1.49. The van der Waals surface area contributed by atoms with Crippen molar-refractivity contribution in [3.63, 3.8) is 0 Å². The Morgan fingerprint density at radius 1 is 1.19 bits per heavy atom. The third-order valence-corrected chi connectivity index (χ3v) is 6.55. The quantitative estimate of drug-likeness (QED) is 0.570. The number of nitrogens with zero attached hydrogens (tertiary/aromatic N) is 5. The molecule has 32 heavy (non-hydrogen) atoms. The predicted octanol–water partition coefficient (Wildman–Crippen LogP) is 1.65. The Morgan fingerprint density at radius 2 is 1.97 bits per heavy atom. The number of hydrogen-bond donors (Lipinski definition) is 1. The fraction of sp³-hybridized carbons (Fsp3) is 0.429. The lowest BCUT2D eigenvalue weighted by Gasteiger charge is -2.33. The molecule has 4 rings (SSSR count). The van der Waals surface area contributed by atoms with Gasteiger partial charge in [0, 0.05) is 32.2 Å². The van der Waals surface area contributed by atoms with E-state index in [0.717, 1.165) is 37.9 Å². The molecule has 1 aliphatic heterocycles. The smallest absolute Gasteiger partial charge is 0.273 e. The molecule has 2 aromatic heterocycles. The third-order valence-electron chi connectivity index (χ3n) is 5.46. The summed E-state index contributed by atoms with van der Waals surface area (Å²) in [5.41, 5.74) is 0.635. The average Bonchev–Trinajstić information content (AvgIpc) is 3.26. The molecule has 1 amide bonds. The highest BCUT2D eigenvalue weighted by Gasteiger charge is 2.21.